The lowest BCUT2D eigenvalue weighted by atomic mass is 9.95. The van der Waals surface area contributed by atoms with Crippen LogP contribution in [0.1, 0.15) is 46.0 Å². The molecule has 0 bridgehead atoms. The minimum Gasteiger partial charge on any atom is -0.353 e. The molecule has 0 heterocycles. The van der Waals surface area contributed by atoms with E-state index in [0.717, 1.165) is 31.4 Å². The van der Waals surface area contributed by atoms with Crippen LogP contribution >= 0.6 is 11.8 Å². The first kappa shape index (κ1) is 16.3. The topological polar surface area (TPSA) is 30.5 Å². The Morgan fingerprint density at radius 3 is 2.44 bits per heavy atom. The van der Waals surface area contributed by atoms with Crippen molar-refractivity contribution in [1.82, 2.24) is 5.32 Å². The molecule has 1 saturated carbocycles. The third kappa shape index (κ3) is 5.91. The van der Waals surface area contributed by atoms with Crippen LogP contribution < -0.4 is 5.32 Å². The van der Waals surface area contributed by atoms with Crippen LogP contribution in [0.5, 0.6) is 0 Å². The lowest BCUT2D eigenvalue weighted by Crippen LogP contribution is -2.41. The quantitative estimate of drug-likeness (QED) is 0.655. The molecule has 1 aliphatic rings. The van der Waals surface area contributed by atoms with Crippen LogP contribution in [0.15, 0.2) is 0 Å². The second-order valence-corrected chi connectivity index (χ2v) is 5.83. The first-order valence-electron chi connectivity index (χ1n) is 7.31. The van der Waals surface area contributed by atoms with Gasteiger partial charge in [0, 0.05) is 37.5 Å². The van der Waals surface area contributed by atoms with E-state index in [4.69, 9.17) is 9.47 Å². The molecule has 1 fully saturated rings. The van der Waals surface area contributed by atoms with E-state index in [0.29, 0.717) is 6.04 Å². The second kappa shape index (κ2) is 10.1. The number of thioether (sulfide) groups is 1. The van der Waals surface area contributed by atoms with Crippen LogP contribution in [0, 0.1) is 0 Å². The molecule has 0 amide bonds. The molecular weight excluding hydrogens is 246 g/mol. The molecule has 0 aromatic rings. The van der Waals surface area contributed by atoms with Crippen molar-refractivity contribution in [3.8, 4) is 0 Å². The first-order valence-corrected chi connectivity index (χ1v) is 8.60. The highest BCUT2D eigenvalue weighted by molar-refractivity contribution is 7.99. The van der Waals surface area contributed by atoms with Crippen molar-refractivity contribution in [2.45, 2.75) is 63.5 Å². The van der Waals surface area contributed by atoms with E-state index >= 15 is 0 Å². The molecule has 0 aromatic carbocycles. The van der Waals surface area contributed by atoms with Gasteiger partial charge in [-0.2, -0.15) is 11.8 Å². The average molecular weight is 275 g/mol. The summed E-state index contributed by atoms with van der Waals surface area (Å²) < 4.78 is 11.1. The third-order valence-corrected chi connectivity index (χ3v) is 4.67. The predicted octanol–water partition coefficient (Wildman–Crippen LogP) is 3.04. The molecule has 18 heavy (non-hydrogen) atoms. The summed E-state index contributed by atoms with van der Waals surface area (Å²) in [4.78, 5) is 0. The monoisotopic (exact) mass is 275 g/mol. The minimum absolute atomic E-state index is 0.0381. The summed E-state index contributed by atoms with van der Waals surface area (Å²) in [6.07, 6.45) is 8.58. The van der Waals surface area contributed by atoms with Crippen molar-refractivity contribution in [3.05, 3.63) is 0 Å². The van der Waals surface area contributed by atoms with Gasteiger partial charge in [-0.15, -0.1) is 0 Å². The normalized spacial score (nSPS) is 24.7. The summed E-state index contributed by atoms with van der Waals surface area (Å²) >= 11 is 2.01. The van der Waals surface area contributed by atoms with Gasteiger partial charge in [0.1, 0.15) is 0 Å². The highest BCUT2D eigenvalue weighted by Gasteiger charge is 2.23. The van der Waals surface area contributed by atoms with Gasteiger partial charge in [-0.25, -0.2) is 0 Å². The lowest BCUT2D eigenvalue weighted by Gasteiger charge is -2.31. The van der Waals surface area contributed by atoms with Crippen LogP contribution in [-0.4, -0.2) is 43.6 Å². The molecule has 3 nitrogen and oxygen atoms in total. The van der Waals surface area contributed by atoms with E-state index in [1.807, 2.05) is 25.6 Å². The van der Waals surface area contributed by atoms with Gasteiger partial charge in [0.15, 0.2) is 6.29 Å². The second-order valence-electron chi connectivity index (χ2n) is 4.75. The molecule has 108 valence electrons. The maximum Gasteiger partial charge on any atom is 0.158 e. The molecule has 1 rings (SSSR count). The summed E-state index contributed by atoms with van der Waals surface area (Å²) in [5, 5.41) is 4.48. The number of rotatable bonds is 9. The van der Waals surface area contributed by atoms with E-state index < -0.39 is 0 Å². The van der Waals surface area contributed by atoms with Crippen LogP contribution in [0.2, 0.25) is 0 Å². The van der Waals surface area contributed by atoms with Gasteiger partial charge in [-0.3, -0.25) is 0 Å². The van der Waals surface area contributed by atoms with E-state index in [2.05, 4.69) is 11.6 Å². The van der Waals surface area contributed by atoms with Crippen molar-refractivity contribution >= 4 is 11.8 Å². The zero-order valence-electron chi connectivity index (χ0n) is 12.1. The number of hydrogen-bond acceptors (Lipinski definition) is 4. The van der Waals surface area contributed by atoms with Gasteiger partial charge in [-0.05, 0) is 32.9 Å². The summed E-state index contributed by atoms with van der Waals surface area (Å²) in [7, 11) is 0. The molecule has 0 radical (unpaired) electrons. The largest absolute Gasteiger partial charge is 0.353 e. The zero-order valence-corrected chi connectivity index (χ0v) is 12.9. The predicted molar refractivity (Wildman–Crippen MR) is 79.2 cm³/mol. The summed E-state index contributed by atoms with van der Waals surface area (Å²) in [5.41, 5.74) is 0. The molecular formula is C14H29NO2S. The molecule has 2 unspecified atom stereocenters. The third-order valence-electron chi connectivity index (χ3n) is 3.50. The lowest BCUT2D eigenvalue weighted by molar-refractivity contribution is -0.138. The van der Waals surface area contributed by atoms with E-state index in [9.17, 15) is 0 Å². The van der Waals surface area contributed by atoms with Gasteiger partial charge >= 0.3 is 0 Å². The molecule has 1 aliphatic carbocycles. The highest BCUT2D eigenvalue weighted by Crippen LogP contribution is 2.27. The Bertz CT molecular complexity index is 198. The maximum absolute atomic E-state index is 5.56. The minimum atomic E-state index is -0.0381. The Labute approximate surface area is 116 Å². The molecule has 0 spiro atoms. The number of hydrogen-bond donors (Lipinski definition) is 1. The van der Waals surface area contributed by atoms with E-state index in [1.165, 1.54) is 25.7 Å². The van der Waals surface area contributed by atoms with Gasteiger partial charge in [0.2, 0.25) is 0 Å². The summed E-state index contributed by atoms with van der Waals surface area (Å²) in [6.45, 7) is 6.48. The SMILES string of the molecule is CCOC(CCNC1CCCCC1SC)OCC. The molecule has 1 N–H and O–H groups in total. The number of nitrogens with one attached hydrogen (secondary N) is 1. The van der Waals surface area contributed by atoms with Gasteiger partial charge in [0.25, 0.3) is 0 Å². The van der Waals surface area contributed by atoms with Crippen LogP contribution in [0.4, 0.5) is 0 Å². The Morgan fingerprint density at radius 2 is 1.83 bits per heavy atom. The van der Waals surface area contributed by atoms with Crippen LogP contribution in [0.3, 0.4) is 0 Å². The zero-order chi connectivity index (χ0) is 13.2. The molecule has 4 heteroatoms. The summed E-state index contributed by atoms with van der Waals surface area (Å²) in [6, 6.07) is 0.678. The fourth-order valence-electron chi connectivity index (χ4n) is 2.59. The van der Waals surface area contributed by atoms with Crippen LogP contribution in [0.25, 0.3) is 0 Å². The Morgan fingerprint density at radius 1 is 1.17 bits per heavy atom. The van der Waals surface area contributed by atoms with Crippen molar-refractivity contribution in [2.24, 2.45) is 0 Å². The fraction of sp³-hybridized carbons (Fsp3) is 1.00. The van der Waals surface area contributed by atoms with E-state index in [-0.39, 0.29) is 6.29 Å². The van der Waals surface area contributed by atoms with Gasteiger partial charge in [-0.1, -0.05) is 12.8 Å². The molecule has 0 saturated heterocycles. The van der Waals surface area contributed by atoms with Crippen molar-refractivity contribution in [2.75, 3.05) is 26.0 Å². The Balaban J connectivity index is 2.21. The molecule has 0 aromatic heterocycles. The first-order chi connectivity index (χ1) is 8.81. The van der Waals surface area contributed by atoms with Crippen molar-refractivity contribution in [1.29, 1.82) is 0 Å². The molecule has 0 aliphatic heterocycles. The van der Waals surface area contributed by atoms with Gasteiger partial charge < -0.3 is 14.8 Å². The van der Waals surface area contributed by atoms with Crippen LogP contribution in [-0.2, 0) is 9.47 Å². The standard InChI is InChI=1S/C14H29NO2S/c1-4-16-14(17-5-2)10-11-15-12-8-6-7-9-13(12)18-3/h12-15H,4-11H2,1-3H3. The van der Waals surface area contributed by atoms with Crippen molar-refractivity contribution < 1.29 is 9.47 Å². The smallest absolute Gasteiger partial charge is 0.158 e. The average Bonchev–Trinajstić information content (AvgIpc) is 2.40. The summed E-state index contributed by atoms with van der Waals surface area (Å²) in [5.74, 6) is 0. The Hall–Kier alpha value is 0.230. The molecule has 2 atom stereocenters. The number of ether oxygens (including phenoxy) is 2. The van der Waals surface area contributed by atoms with Crippen molar-refractivity contribution in [3.63, 3.8) is 0 Å². The highest BCUT2D eigenvalue weighted by atomic mass is 32.2. The van der Waals surface area contributed by atoms with Gasteiger partial charge in [0.05, 0.1) is 0 Å². The fourth-order valence-corrected chi connectivity index (χ4v) is 3.55. The Kier molecular flexibility index (Phi) is 9.11. The maximum atomic E-state index is 5.56. The van der Waals surface area contributed by atoms with E-state index in [1.54, 1.807) is 0 Å².